The maximum atomic E-state index is 11.7. The molecule has 8 heteroatoms. The van der Waals surface area contributed by atoms with Crippen LogP contribution in [-0.4, -0.2) is 32.1 Å². The van der Waals surface area contributed by atoms with Gasteiger partial charge in [0.05, 0.1) is 11.9 Å². The summed E-state index contributed by atoms with van der Waals surface area (Å²) in [6.07, 6.45) is 1.81. The number of carboxylic acids is 1. The van der Waals surface area contributed by atoms with Crippen LogP contribution in [0.15, 0.2) is 22.9 Å². The minimum absolute atomic E-state index is 0.0793. The molecule has 0 aliphatic heterocycles. The molecule has 2 aromatic heterocycles. The van der Waals surface area contributed by atoms with Crippen LogP contribution in [0.2, 0.25) is 0 Å². The van der Waals surface area contributed by atoms with Crippen LogP contribution in [0.4, 0.5) is 5.69 Å². The van der Waals surface area contributed by atoms with E-state index in [0.717, 1.165) is 0 Å². The molecule has 0 fully saturated rings. The number of nitrogens with zero attached hydrogens (tertiary/aromatic N) is 3. The van der Waals surface area contributed by atoms with Crippen LogP contribution >= 0.6 is 0 Å². The van der Waals surface area contributed by atoms with E-state index in [9.17, 15) is 9.59 Å². The molecular weight excluding hydrogens is 264 g/mol. The molecule has 0 aromatic carbocycles. The van der Waals surface area contributed by atoms with Gasteiger partial charge < -0.3 is 14.9 Å². The number of anilines is 1. The van der Waals surface area contributed by atoms with Crippen molar-refractivity contribution < 1.29 is 19.2 Å². The lowest BCUT2D eigenvalue weighted by Crippen LogP contribution is -2.13. The van der Waals surface area contributed by atoms with Crippen LogP contribution < -0.4 is 5.32 Å². The maximum absolute atomic E-state index is 11.7. The summed E-state index contributed by atoms with van der Waals surface area (Å²) in [5.74, 6) is -0.439. The van der Waals surface area contributed by atoms with Crippen LogP contribution in [0.25, 0.3) is 0 Å². The number of aromatic carboxylic acids is 1. The molecule has 1 amide bonds. The molecule has 2 aromatic rings. The predicted octanol–water partition coefficient (Wildman–Crippen LogP) is 1.04. The second-order valence-corrected chi connectivity index (χ2v) is 4.02. The van der Waals surface area contributed by atoms with Crippen LogP contribution in [0, 0.1) is 6.92 Å². The van der Waals surface area contributed by atoms with Crippen molar-refractivity contribution in [2.45, 2.75) is 19.8 Å². The Kier molecular flexibility index (Phi) is 4.04. The Hall–Kier alpha value is -2.77. The number of nitrogens with one attached hydrogen (secondary N) is 1. The highest BCUT2D eigenvalue weighted by Gasteiger charge is 2.09. The molecule has 20 heavy (non-hydrogen) atoms. The molecule has 0 aliphatic carbocycles. The van der Waals surface area contributed by atoms with Gasteiger partial charge in [0, 0.05) is 12.8 Å². The van der Waals surface area contributed by atoms with E-state index in [2.05, 4.69) is 20.4 Å². The lowest BCUT2D eigenvalue weighted by Gasteiger charge is -2.03. The average molecular weight is 276 g/mol. The van der Waals surface area contributed by atoms with E-state index < -0.39 is 5.97 Å². The predicted molar refractivity (Wildman–Crippen MR) is 67.2 cm³/mol. The first-order chi connectivity index (χ1) is 9.54. The molecule has 8 nitrogen and oxygen atoms in total. The van der Waals surface area contributed by atoms with Gasteiger partial charge in [-0.25, -0.2) is 9.78 Å². The first-order valence-electron chi connectivity index (χ1n) is 5.83. The van der Waals surface area contributed by atoms with E-state index in [1.807, 2.05) is 0 Å². The topological polar surface area (TPSA) is 118 Å². The van der Waals surface area contributed by atoms with Gasteiger partial charge in [0.25, 0.3) is 0 Å². The van der Waals surface area contributed by atoms with Crippen molar-refractivity contribution >= 4 is 17.6 Å². The Balaban J connectivity index is 1.86. The maximum Gasteiger partial charge on any atom is 0.354 e. The Bertz CT molecular complexity index is 621. The summed E-state index contributed by atoms with van der Waals surface area (Å²) in [5, 5.41) is 14.9. The second-order valence-electron chi connectivity index (χ2n) is 4.02. The van der Waals surface area contributed by atoms with Crippen LogP contribution in [0.1, 0.15) is 28.6 Å². The van der Waals surface area contributed by atoms with Gasteiger partial charge in [-0.3, -0.25) is 4.79 Å². The highest BCUT2D eigenvalue weighted by atomic mass is 16.5. The summed E-state index contributed by atoms with van der Waals surface area (Å²) in [4.78, 5) is 30.0. The number of pyridine rings is 1. The molecule has 0 atom stereocenters. The number of carbonyl (C=O) groups is 2. The van der Waals surface area contributed by atoms with Gasteiger partial charge in [0.1, 0.15) is 5.69 Å². The molecule has 0 bridgehead atoms. The number of aromatic nitrogens is 3. The molecule has 2 heterocycles. The first kappa shape index (κ1) is 13.7. The second kappa shape index (κ2) is 5.91. The van der Waals surface area contributed by atoms with Gasteiger partial charge in [-0.15, -0.1) is 0 Å². The molecule has 0 aliphatic rings. The summed E-state index contributed by atoms with van der Waals surface area (Å²) in [5.41, 5.74) is 0.353. The standard InChI is InChI=1S/C12H12N4O4/c1-7-14-11(20-16-7)5-4-10(17)15-8-2-3-9(12(18)19)13-6-8/h2-3,6H,4-5H2,1H3,(H,15,17)(H,18,19). The summed E-state index contributed by atoms with van der Waals surface area (Å²) < 4.78 is 4.89. The Morgan fingerprint density at radius 2 is 2.20 bits per heavy atom. The lowest BCUT2D eigenvalue weighted by atomic mass is 10.2. The van der Waals surface area contributed by atoms with E-state index in [4.69, 9.17) is 9.63 Å². The van der Waals surface area contributed by atoms with Gasteiger partial charge in [-0.2, -0.15) is 4.98 Å². The minimum Gasteiger partial charge on any atom is -0.477 e. The highest BCUT2D eigenvalue weighted by molar-refractivity contribution is 5.91. The molecule has 0 saturated carbocycles. The van der Waals surface area contributed by atoms with Gasteiger partial charge in [-0.1, -0.05) is 5.16 Å². The fourth-order valence-corrected chi connectivity index (χ4v) is 1.48. The molecule has 104 valence electrons. The van der Waals surface area contributed by atoms with Gasteiger partial charge in [0.15, 0.2) is 5.82 Å². The van der Waals surface area contributed by atoms with Gasteiger partial charge in [0.2, 0.25) is 11.8 Å². The zero-order chi connectivity index (χ0) is 14.5. The number of hydrogen-bond donors (Lipinski definition) is 2. The van der Waals surface area contributed by atoms with Crippen molar-refractivity contribution in [3.05, 3.63) is 35.7 Å². The lowest BCUT2D eigenvalue weighted by molar-refractivity contribution is -0.116. The molecule has 0 radical (unpaired) electrons. The molecule has 2 N–H and O–H groups in total. The zero-order valence-electron chi connectivity index (χ0n) is 10.7. The Morgan fingerprint density at radius 3 is 2.75 bits per heavy atom. The van der Waals surface area contributed by atoms with Crippen molar-refractivity contribution in [2.24, 2.45) is 0 Å². The summed E-state index contributed by atoms with van der Waals surface area (Å²) in [6.45, 7) is 1.70. The molecule has 0 unspecified atom stereocenters. The number of carbonyl (C=O) groups excluding carboxylic acids is 1. The fourth-order valence-electron chi connectivity index (χ4n) is 1.48. The number of amides is 1. The highest BCUT2D eigenvalue weighted by Crippen LogP contribution is 2.08. The molecule has 2 rings (SSSR count). The molecular formula is C12H12N4O4. The van der Waals surface area contributed by atoms with Crippen LogP contribution in [-0.2, 0) is 11.2 Å². The number of hydrogen-bond acceptors (Lipinski definition) is 6. The monoisotopic (exact) mass is 276 g/mol. The van der Waals surface area contributed by atoms with Crippen molar-refractivity contribution in [3.63, 3.8) is 0 Å². The Morgan fingerprint density at radius 1 is 1.40 bits per heavy atom. The zero-order valence-corrected chi connectivity index (χ0v) is 10.7. The van der Waals surface area contributed by atoms with Gasteiger partial charge >= 0.3 is 5.97 Å². The minimum atomic E-state index is -1.12. The van der Waals surface area contributed by atoms with Crippen LogP contribution in [0.3, 0.4) is 0 Å². The summed E-state index contributed by atoms with van der Waals surface area (Å²) >= 11 is 0. The first-order valence-corrected chi connectivity index (χ1v) is 5.83. The fraction of sp³-hybridized carbons (Fsp3) is 0.250. The van der Waals surface area contributed by atoms with Crippen LogP contribution in [0.5, 0.6) is 0 Å². The van der Waals surface area contributed by atoms with Gasteiger partial charge in [-0.05, 0) is 19.1 Å². The number of aryl methyl sites for hydroxylation is 2. The summed E-state index contributed by atoms with van der Waals surface area (Å²) in [7, 11) is 0. The molecule has 0 spiro atoms. The third-order valence-corrected chi connectivity index (χ3v) is 2.40. The van der Waals surface area contributed by atoms with E-state index in [0.29, 0.717) is 23.8 Å². The smallest absolute Gasteiger partial charge is 0.354 e. The van der Waals surface area contributed by atoms with Crippen molar-refractivity contribution in [1.29, 1.82) is 0 Å². The summed E-state index contributed by atoms with van der Waals surface area (Å²) in [6, 6.07) is 2.80. The van der Waals surface area contributed by atoms with E-state index >= 15 is 0 Å². The third kappa shape index (κ3) is 3.61. The van der Waals surface area contributed by atoms with Crippen molar-refractivity contribution in [3.8, 4) is 0 Å². The normalized spacial score (nSPS) is 10.2. The number of rotatable bonds is 5. The van der Waals surface area contributed by atoms with E-state index in [-0.39, 0.29) is 18.0 Å². The third-order valence-electron chi connectivity index (χ3n) is 2.40. The van der Waals surface area contributed by atoms with Crippen molar-refractivity contribution in [1.82, 2.24) is 15.1 Å². The van der Waals surface area contributed by atoms with Crippen molar-refractivity contribution in [2.75, 3.05) is 5.32 Å². The quantitative estimate of drug-likeness (QED) is 0.837. The van der Waals surface area contributed by atoms with E-state index in [1.54, 1.807) is 6.92 Å². The number of carboxylic acid groups (broad SMARTS) is 1. The SMILES string of the molecule is Cc1noc(CCC(=O)Nc2ccc(C(=O)O)nc2)n1. The average Bonchev–Trinajstić information content (AvgIpc) is 2.83. The Labute approximate surface area is 113 Å². The largest absolute Gasteiger partial charge is 0.477 e. The van der Waals surface area contributed by atoms with E-state index in [1.165, 1.54) is 18.3 Å². The molecule has 0 saturated heterocycles.